The molecule has 5 nitrogen and oxygen atoms in total. The van der Waals surface area contributed by atoms with Crippen molar-refractivity contribution in [3.8, 4) is 0 Å². The van der Waals surface area contributed by atoms with Crippen LogP contribution in [0.25, 0.3) is 0 Å². The maximum atomic E-state index is 5.05. The number of guanidine groups is 1. The Morgan fingerprint density at radius 1 is 1.42 bits per heavy atom. The molecule has 0 saturated heterocycles. The van der Waals surface area contributed by atoms with Gasteiger partial charge < -0.3 is 11.5 Å². The van der Waals surface area contributed by atoms with Gasteiger partial charge in [-0.1, -0.05) is 6.07 Å². The third-order valence-electron chi connectivity index (χ3n) is 1.05. The second-order valence-corrected chi connectivity index (χ2v) is 2.02. The number of nitrogens with zero attached hydrogens (tertiary/aromatic N) is 3. The van der Waals surface area contributed by atoms with E-state index in [1.807, 2.05) is 12.1 Å². The van der Waals surface area contributed by atoms with Crippen molar-refractivity contribution in [3.63, 3.8) is 0 Å². The molecule has 0 spiro atoms. The van der Waals surface area contributed by atoms with Gasteiger partial charge in [0.1, 0.15) is 0 Å². The molecular weight excluding hydrogens is 154 g/mol. The number of hydrogen-bond donors (Lipinski definition) is 2. The maximum absolute atomic E-state index is 5.05. The van der Waals surface area contributed by atoms with Crippen molar-refractivity contribution >= 4 is 12.2 Å². The predicted octanol–water partition coefficient (Wildman–Crippen LogP) is -0.311. The van der Waals surface area contributed by atoms with Crippen LogP contribution < -0.4 is 11.5 Å². The van der Waals surface area contributed by atoms with E-state index in [1.54, 1.807) is 12.3 Å². The molecule has 1 rings (SSSR count). The summed E-state index contributed by atoms with van der Waals surface area (Å²) < 4.78 is 0. The van der Waals surface area contributed by atoms with Crippen molar-refractivity contribution in [1.82, 2.24) is 4.98 Å². The van der Waals surface area contributed by atoms with E-state index in [4.69, 9.17) is 11.5 Å². The van der Waals surface area contributed by atoms with E-state index < -0.39 is 0 Å². The van der Waals surface area contributed by atoms with E-state index in [2.05, 4.69) is 15.2 Å². The summed E-state index contributed by atoms with van der Waals surface area (Å²) in [5, 5.41) is 7.01. The van der Waals surface area contributed by atoms with Crippen LogP contribution in [0.2, 0.25) is 0 Å². The fourth-order valence-electron chi connectivity index (χ4n) is 0.607. The van der Waals surface area contributed by atoms with Crippen LogP contribution in [0.3, 0.4) is 0 Å². The lowest BCUT2D eigenvalue weighted by Gasteiger charge is -1.87. The molecule has 0 aliphatic rings. The minimum atomic E-state index is -0.0674. The Morgan fingerprint density at radius 3 is 2.83 bits per heavy atom. The van der Waals surface area contributed by atoms with Crippen LogP contribution in [0.15, 0.2) is 34.6 Å². The standard InChI is InChI=1S/C7H9N5/c8-7(9)12-11-5-6-3-1-2-4-10-6/h1-5H,(H4,8,9,12)/b11-5+. The van der Waals surface area contributed by atoms with Crippen molar-refractivity contribution in [2.75, 3.05) is 0 Å². The Hall–Kier alpha value is -1.91. The van der Waals surface area contributed by atoms with Crippen molar-refractivity contribution in [3.05, 3.63) is 30.1 Å². The SMILES string of the molecule is NC(N)=N/N=C/c1ccccn1. The molecule has 0 aromatic carbocycles. The highest BCUT2D eigenvalue weighted by Gasteiger charge is 1.83. The summed E-state index contributed by atoms with van der Waals surface area (Å²) >= 11 is 0. The summed E-state index contributed by atoms with van der Waals surface area (Å²) in [6.45, 7) is 0. The van der Waals surface area contributed by atoms with Crippen LogP contribution in [0, 0.1) is 0 Å². The lowest BCUT2D eigenvalue weighted by Crippen LogP contribution is -2.21. The van der Waals surface area contributed by atoms with Gasteiger partial charge in [0.15, 0.2) is 0 Å². The van der Waals surface area contributed by atoms with Crippen LogP contribution in [0.1, 0.15) is 5.69 Å². The highest BCUT2D eigenvalue weighted by Crippen LogP contribution is 1.87. The van der Waals surface area contributed by atoms with Gasteiger partial charge in [-0.15, -0.1) is 5.10 Å². The molecule has 0 saturated carbocycles. The Morgan fingerprint density at radius 2 is 2.25 bits per heavy atom. The summed E-state index contributed by atoms with van der Waals surface area (Å²) in [5.41, 5.74) is 10.8. The lowest BCUT2D eigenvalue weighted by molar-refractivity contribution is 1.20. The molecule has 5 heteroatoms. The summed E-state index contributed by atoms with van der Waals surface area (Å²) in [5.74, 6) is -0.0674. The molecule has 1 aromatic rings. The van der Waals surface area contributed by atoms with Crippen LogP contribution in [0.4, 0.5) is 0 Å². The summed E-state index contributed by atoms with van der Waals surface area (Å²) in [4.78, 5) is 3.98. The van der Waals surface area contributed by atoms with Gasteiger partial charge in [-0.05, 0) is 12.1 Å². The third kappa shape index (κ3) is 2.78. The van der Waals surface area contributed by atoms with Crippen LogP contribution in [-0.4, -0.2) is 17.2 Å². The molecule has 0 aliphatic carbocycles. The first-order chi connectivity index (χ1) is 5.79. The lowest BCUT2D eigenvalue weighted by atomic mass is 10.4. The first-order valence-corrected chi connectivity index (χ1v) is 3.32. The average molecular weight is 163 g/mol. The van der Waals surface area contributed by atoms with E-state index in [1.165, 1.54) is 6.21 Å². The smallest absolute Gasteiger partial charge is 0.211 e. The molecule has 0 radical (unpaired) electrons. The molecular formula is C7H9N5. The Bertz CT molecular complexity index is 286. The molecule has 12 heavy (non-hydrogen) atoms. The first-order valence-electron chi connectivity index (χ1n) is 3.32. The predicted molar refractivity (Wildman–Crippen MR) is 47.6 cm³/mol. The van der Waals surface area contributed by atoms with E-state index in [0.29, 0.717) is 5.69 Å². The van der Waals surface area contributed by atoms with Crippen LogP contribution in [-0.2, 0) is 0 Å². The number of hydrogen-bond acceptors (Lipinski definition) is 3. The minimum Gasteiger partial charge on any atom is -0.369 e. The molecule has 0 atom stereocenters. The topological polar surface area (TPSA) is 89.7 Å². The van der Waals surface area contributed by atoms with Crippen molar-refractivity contribution in [2.45, 2.75) is 0 Å². The van der Waals surface area contributed by atoms with E-state index in [-0.39, 0.29) is 5.96 Å². The van der Waals surface area contributed by atoms with Gasteiger partial charge in [0.05, 0.1) is 11.9 Å². The Balaban J connectivity index is 2.64. The zero-order chi connectivity index (χ0) is 8.81. The quantitative estimate of drug-likeness (QED) is 0.356. The van der Waals surface area contributed by atoms with E-state index >= 15 is 0 Å². The monoisotopic (exact) mass is 163 g/mol. The van der Waals surface area contributed by atoms with E-state index in [0.717, 1.165) is 0 Å². The zero-order valence-electron chi connectivity index (χ0n) is 6.38. The maximum Gasteiger partial charge on any atom is 0.211 e. The second kappa shape index (κ2) is 4.07. The zero-order valence-corrected chi connectivity index (χ0v) is 6.38. The first kappa shape index (κ1) is 8.19. The number of pyridine rings is 1. The molecule has 0 fully saturated rings. The molecule has 4 N–H and O–H groups in total. The van der Waals surface area contributed by atoms with Crippen molar-refractivity contribution in [2.24, 2.45) is 21.7 Å². The molecule has 0 bridgehead atoms. The second-order valence-electron chi connectivity index (χ2n) is 2.02. The number of nitrogens with two attached hydrogens (primary N) is 2. The normalized spacial score (nSPS) is 10.0. The fraction of sp³-hybridized carbons (Fsp3) is 0. The van der Waals surface area contributed by atoms with Crippen molar-refractivity contribution in [1.29, 1.82) is 0 Å². The van der Waals surface area contributed by atoms with Gasteiger partial charge >= 0.3 is 0 Å². The largest absolute Gasteiger partial charge is 0.369 e. The fourth-order valence-corrected chi connectivity index (χ4v) is 0.607. The summed E-state index contributed by atoms with van der Waals surface area (Å²) in [7, 11) is 0. The number of aromatic nitrogens is 1. The molecule has 1 heterocycles. The summed E-state index contributed by atoms with van der Waals surface area (Å²) in [6, 6.07) is 5.47. The minimum absolute atomic E-state index is 0.0674. The Kier molecular flexibility index (Phi) is 2.78. The number of rotatable bonds is 2. The Labute approximate surface area is 69.8 Å². The highest BCUT2D eigenvalue weighted by atomic mass is 15.3. The summed E-state index contributed by atoms with van der Waals surface area (Å²) in [6.07, 6.45) is 3.14. The highest BCUT2D eigenvalue weighted by molar-refractivity contribution is 5.79. The van der Waals surface area contributed by atoms with Gasteiger partial charge in [0.2, 0.25) is 5.96 Å². The van der Waals surface area contributed by atoms with Crippen molar-refractivity contribution < 1.29 is 0 Å². The van der Waals surface area contributed by atoms with Gasteiger partial charge in [0, 0.05) is 6.20 Å². The average Bonchev–Trinajstić information content (AvgIpc) is 2.05. The van der Waals surface area contributed by atoms with E-state index in [9.17, 15) is 0 Å². The molecule has 0 unspecified atom stereocenters. The van der Waals surface area contributed by atoms with Crippen LogP contribution in [0.5, 0.6) is 0 Å². The van der Waals surface area contributed by atoms with Crippen LogP contribution >= 0.6 is 0 Å². The molecule has 0 amide bonds. The third-order valence-corrected chi connectivity index (χ3v) is 1.05. The van der Waals surface area contributed by atoms with Gasteiger partial charge in [-0.3, -0.25) is 4.98 Å². The van der Waals surface area contributed by atoms with Gasteiger partial charge in [-0.2, -0.15) is 5.10 Å². The molecule has 1 aromatic heterocycles. The molecule has 62 valence electrons. The van der Waals surface area contributed by atoms with Gasteiger partial charge in [0.25, 0.3) is 0 Å². The molecule has 0 aliphatic heterocycles. The van der Waals surface area contributed by atoms with Gasteiger partial charge in [-0.25, -0.2) is 0 Å².